The van der Waals surface area contributed by atoms with Crippen LogP contribution in [0.1, 0.15) is 23.6 Å². The fourth-order valence-electron chi connectivity index (χ4n) is 3.76. The lowest BCUT2D eigenvalue weighted by atomic mass is 9.91. The zero-order chi connectivity index (χ0) is 18.6. The smallest absolute Gasteiger partial charge is 0.241 e. The molecule has 2 aromatic carbocycles. The third-order valence-corrected chi connectivity index (χ3v) is 5.37. The van der Waals surface area contributed by atoms with Gasteiger partial charge in [-0.05, 0) is 37.1 Å². The van der Waals surface area contributed by atoms with E-state index in [1.54, 1.807) is 6.92 Å². The van der Waals surface area contributed by atoms with Crippen LogP contribution in [0.3, 0.4) is 0 Å². The van der Waals surface area contributed by atoms with Crippen LogP contribution in [0.2, 0.25) is 0 Å². The Hall–Kier alpha value is -2.17. The van der Waals surface area contributed by atoms with E-state index in [0.29, 0.717) is 12.8 Å². The molecule has 1 unspecified atom stereocenters. The van der Waals surface area contributed by atoms with Crippen LogP contribution >= 0.6 is 0 Å². The van der Waals surface area contributed by atoms with Crippen molar-refractivity contribution in [2.45, 2.75) is 37.8 Å². The van der Waals surface area contributed by atoms with Gasteiger partial charge < -0.3 is 10.4 Å². The summed E-state index contributed by atoms with van der Waals surface area (Å²) in [6.07, 6.45) is 1.77. The number of amides is 1. The van der Waals surface area contributed by atoms with Crippen LogP contribution in [0.15, 0.2) is 54.6 Å². The molecular formula is C22H28N2O2. The van der Waals surface area contributed by atoms with Crippen molar-refractivity contribution < 1.29 is 9.90 Å². The monoisotopic (exact) mass is 352 g/mol. The van der Waals surface area contributed by atoms with E-state index in [9.17, 15) is 9.90 Å². The highest BCUT2D eigenvalue weighted by molar-refractivity contribution is 5.88. The Kier molecular flexibility index (Phi) is 5.74. The highest BCUT2D eigenvalue weighted by Gasteiger charge is 2.46. The van der Waals surface area contributed by atoms with Crippen molar-refractivity contribution in [1.29, 1.82) is 0 Å². The van der Waals surface area contributed by atoms with Crippen LogP contribution in [0.25, 0.3) is 0 Å². The molecule has 138 valence electrons. The lowest BCUT2D eigenvalue weighted by Gasteiger charge is -2.37. The van der Waals surface area contributed by atoms with E-state index in [2.05, 4.69) is 34.5 Å². The Bertz CT molecular complexity index is 718. The van der Waals surface area contributed by atoms with Crippen molar-refractivity contribution in [2.24, 2.45) is 0 Å². The number of nitrogens with one attached hydrogen (secondary N) is 1. The fraction of sp³-hybridized carbons (Fsp3) is 0.409. The number of likely N-dealkylation sites (N-methyl/N-ethyl adjacent to an activating group) is 1. The molecule has 0 radical (unpaired) electrons. The highest BCUT2D eigenvalue weighted by atomic mass is 16.3. The molecule has 0 aromatic heterocycles. The van der Waals surface area contributed by atoms with Gasteiger partial charge in [0.25, 0.3) is 0 Å². The maximum Gasteiger partial charge on any atom is 0.241 e. The predicted molar refractivity (Wildman–Crippen MR) is 104 cm³/mol. The van der Waals surface area contributed by atoms with Crippen molar-refractivity contribution >= 4 is 5.91 Å². The molecule has 1 amide bonds. The number of aliphatic hydroxyl groups is 1. The summed E-state index contributed by atoms with van der Waals surface area (Å²) >= 11 is 0. The summed E-state index contributed by atoms with van der Waals surface area (Å²) in [7, 11) is 2.04. The molecule has 4 nitrogen and oxygen atoms in total. The first-order chi connectivity index (χ1) is 12.5. The first-order valence-corrected chi connectivity index (χ1v) is 9.29. The van der Waals surface area contributed by atoms with Gasteiger partial charge in [-0.1, -0.05) is 54.6 Å². The minimum atomic E-state index is -0.590. The molecule has 2 N–H and O–H groups in total. The van der Waals surface area contributed by atoms with Crippen LogP contribution in [0.5, 0.6) is 0 Å². The van der Waals surface area contributed by atoms with Crippen molar-refractivity contribution in [3.8, 4) is 0 Å². The van der Waals surface area contributed by atoms with Crippen molar-refractivity contribution in [2.75, 3.05) is 20.1 Å². The van der Waals surface area contributed by atoms with Crippen molar-refractivity contribution in [3.05, 3.63) is 71.3 Å². The molecular weight excluding hydrogens is 324 g/mol. The molecule has 0 aliphatic heterocycles. The zero-order valence-electron chi connectivity index (χ0n) is 15.6. The number of fused-ring (bicyclic) bond motifs is 1. The van der Waals surface area contributed by atoms with Crippen LogP contribution in [0.4, 0.5) is 0 Å². The molecule has 1 atom stereocenters. The fourth-order valence-corrected chi connectivity index (χ4v) is 3.76. The predicted octanol–water partition coefficient (Wildman–Crippen LogP) is 2.20. The largest absolute Gasteiger partial charge is 0.392 e. The second kappa shape index (κ2) is 8.02. The molecule has 1 aliphatic rings. The van der Waals surface area contributed by atoms with Gasteiger partial charge in [0.2, 0.25) is 5.91 Å². The topological polar surface area (TPSA) is 52.6 Å². The Balaban J connectivity index is 1.78. The third-order valence-electron chi connectivity index (χ3n) is 5.37. The standard InChI is InChI=1S/C22H28N2O2/c1-17(25)16-23-21(26)22(14-19-10-6-7-11-20(19)15-22)24(2)13-12-18-8-4-3-5-9-18/h3-11,17,25H,12-16H2,1-2H3,(H,23,26). The van der Waals surface area contributed by atoms with E-state index in [4.69, 9.17) is 0 Å². The minimum Gasteiger partial charge on any atom is -0.392 e. The van der Waals surface area contributed by atoms with Gasteiger partial charge in [-0.2, -0.15) is 0 Å². The molecule has 0 spiro atoms. The summed E-state index contributed by atoms with van der Waals surface area (Å²) in [6, 6.07) is 18.7. The zero-order valence-corrected chi connectivity index (χ0v) is 15.6. The summed E-state index contributed by atoms with van der Waals surface area (Å²) in [5.41, 5.74) is 3.17. The number of carbonyl (C=O) groups excluding carboxylic acids is 1. The molecule has 0 saturated heterocycles. The van der Waals surface area contributed by atoms with E-state index < -0.39 is 11.6 Å². The van der Waals surface area contributed by atoms with Crippen LogP contribution < -0.4 is 5.32 Å². The van der Waals surface area contributed by atoms with Gasteiger partial charge >= 0.3 is 0 Å². The van der Waals surface area contributed by atoms with E-state index in [1.807, 2.05) is 37.4 Å². The second-order valence-electron chi connectivity index (χ2n) is 7.37. The first kappa shape index (κ1) is 18.6. The molecule has 2 aromatic rings. The van der Waals surface area contributed by atoms with Gasteiger partial charge in [-0.15, -0.1) is 0 Å². The Labute approximate surface area is 155 Å². The molecule has 1 aliphatic carbocycles. The number of rotatable bonds is 7. The van der Waals surface area contributed by atoms with E-state index in [0.717, 1.165) is 13.0 Å². The normalized spacial score (nSPS) is 16.3. The number of aliphatic hydroxyl groups excluding tert-OH is 1. The van der Waals surface area contributed by atoms with Gasteiger partial charge in [-0.25, -0.2) is 0 Å². The summed E-state index contributed by atoms with van der Waals surface area (Å²) in [5.74, 6) is 0.00478. The van der Waals surface area contributed by atoms with Gasteiger partial charge in [-0.3, -0.25) is 9.69 Å². The molecule has 0 fully saturated rings. The number of benzene rings is 2. The Morgan fingerprint density at radius 2 is 1.69 bits per heavy atom. The quantitative estimate of drug-likeness (QED) is 0.803. The van der Waals surface area contributed by atoms with Crippen LogP contribution in [-0.2, 0) is 24.1 Å². The molecule has 26 heavy (non-hydrogen) atoms. The van der Waals surface area contributed by atoms with Gasteiger partial charge in [0.15, 0.2) is 0 Å². The molecule has 4 heteroatoms. The molecule has 3 rings (SSSR count). The van der Waals surface area contributed by atoms with Crippen molar-refractivity contribution in [1.82, 2.24) is 10.2 Å². The SMILES string of the molecule is CC(O)CNC(=O)C1(N(C)CCc2ccccc2)Cc2ccccc2C1. The third kappa shape index (κ3) is 3.97. The Morgan fingerprint density at radius 3 is 2.27 bits per heavy atom. The summed E-state index contributed by atoms with van der Waals surface area (Å²) < 4.78 is 0. The molecule has 0 heterocycles. The van der Waals surface area contributed by atoms with Gasteiger partial charge in [0, 0.05) is 25.9 Å². The second-order valence-corrected chi connectivity index (χ2v) is 7.37. The average Bonchev–Trinajstić information content (AvgIpc) is 3.06. The Morgan fingerprint density at radius 1 is 1.12 bits per heavy atom. The van der Waals surface area contributed by atoms with E-state index in [-0.39, 0.29) is 12.5 Å². The summed E-state index contributed by atoms with van der Waals surface area (Å²) in [5, 5.41) is 12.5. The van der Waals surface area contributed by atoms with E-state index >= 15 is 0 Å². The van der Waals surface area contributed by atoms with Crippen LogP contribution in [-0.4, -0.2) is 47.7 Å². The number of carbonyl (C=O) groups is 1. The maximum absolute atomic E-state index is 13.1. The number of hydrogen-bond acceptors (Lipinski definition) is 3. The molecule has 0 bridgehead atoms. The number of nitrogens with zero attached hydrogens (tertiary/aromatic N) is 1. The maximum atomic E-state index is 13.1. The highest BCUT2D eigenvalue weighted by Crippen LogP contribution is 2.34. The summed E-state index contributed by atoms with van der Waals surface area (Å²) in [4.78, 5) is 15.3. The lowest BCUT2D eigenvalue weighted by Crippen LogP contribution is -2.59. The van der Waals surface area contributed by atoms with Crippen molar-refractivity contribution in [3.63, 3.8) is 0 Å². The van der Waals surface area contributed by atoms with Gasteiger partial charge in [0.05, 0.1) is 6.10 Å². The summed E-state index contributed by atoms with van der Waals surface area (Å²) in [6.45, 7) is 2.78. The van der Waals surface area contributed by atoms with Gasteiger partial charge in [0.1, 0.15) is 5.54 Å². The molecule has 0 saturated carbocycles. The minimum absolute atomic E-state index is 0.00478. The average molecular weight is 352 g/mol. The van der Waals surface area contributed by atoms with E-state index in [1.165, 1.54) is 16.7 Å². The van der Waals surface area contributed by atoms with Crippen LogP contribution in [0, 0.1) is 0 Å². The first-order valence-electron chi connectivity index (χ1n) is 9.29. The number of hydrogen-bond donors (Lipinski definition) is 2. The lowest BCUT2D eigenvalue weighted by molar-refractivity contribution is -0.132.